The summed E-state index contributed by atoms with van der Waals surface area (Å²) in [5.74, 6) is 3.31. The van der Waals surface area contributed by atoms with E-state index in [9.17, 15) is 31.2 Å². The highest BCUT2D eigenvalue weighted by Crippen LogP contribution is 2.34. The van der Waals surface area contributed by atoms with Crippen LogP contribution in [0, 0.1) is 11.8 Å². The molecule has 0 aliphatic heterocycles. The van der Waals surface area contributed by atoms with Crippen molar-refractivity contribution in [3.63, 3.8) is 0 Å². The number of benzene rings is 1. The fourth-order valence-corrected chi connectivity index (χ4v) is 3.55. The molecule has 190 valence electrons. The quantitative estimate of drug-likeness (QED) is 0.164. The van der Waals surface area contributed by atoms with Gasteiger partial charge in [-0.15, -0.1) is 0 Å². The van der Waals surface area contributed by atoms with Crippen LogP contribution in [0.5, 0.6) is 5.75 Å². The Morgan fingerprint density at radius 2 is 1.72 bits per heavy atom. The molecule has 0 spiro atoms. The summed E-state index contributed by atoms with van der Waals surface area (Å²) in [4.78, 5) is 32.2. The van der Waals surface area contributed by atoms with E-state index in [0.29, 0.717) is 0 Å². The molecule has 0 unspecified atom stereocenters. The number of fused-ring (bicyclic) bond motifs is 1. The summed E-state index contributed by atoms with van der Waals surface area (Å²) in [5.41, 5.74) is -6.30. The lowest BCUT2D eigenvalue weighted by Crippen LogP contribution is -2.28. The molecule has 0 saturated carbocycles. The van der Waals surface area contributed by atoms with Gasteiger partial charge in [0.25, 0.3) is 0 Å². The Morgan fingerprint density at radius 3 is 2.28 bits per heavy atom. The van der Waals surface area contributed by atoms with Crippen molar-refractivity contribution in [3.8, 4) is 17.6 Å². The monoisotopic (exact) mass is 523 g/mol. The first-order chi connectivity index (χ1) is 16.6. The second kappa shape index (κ2) is 9.62. The molecule has 13 heteroatoms. The van der Waals surface area contributed by atoms with Crippen LogP contribution in [-0.4, -0.2) is 45.8 Å². The minimum absolute atomic E-state index is 0.0621. The number of esters is 1. The van der Waals surface area contributed by atoms with E-state index in [1.165, 1.54) is 42.5 Å². The predicted octanol–water partition coefficient (Wildman–Crippen LogP) is 3.60. The molecule has 0 atom stereocenters. The Morgan fingerprint density at radius 1 is 1.08 bits per heavy atom. The van der Waals surface area contributed by atoms with Crippen LogP contribution in [0.2, 0.25) is 0 Å². The minimum Gasteiger partial charge on any atom is -0.459 e. The molecule has 3 rings (SSSR count). The van der Waals surface area contributed by atoms with Gasteiger partial charge in [0.2, 0.25) is 0 Å². The van der Waals surface area contributed by atoms with Gasteiger partial charge in [-0.05, 0) is 33.8 Å². The van der Waals surface area contributed by atoms with Gasteiger partial charge in [-0.2, -0.15) is 21.6 Å². The third-order valence-electron chi connectivity index (χ3n) is 4.47. The lowest BCUT2D eigenvalue weighted by molar-refractivity contribution is -0.155. The molecular formula is C23H20F3N3O6S. The maximum Gasteiger partial charge on any atom is 0.534 e. The van der Waals surface area contributed by atoms with Crippen LogP contribution < -0.4 is 4.18 Å². The Hall–Kier alpha value is -3.92. The molecule has 0 fully saturated rings. The van der Waals surface area contributed by atoms with Gasteiger partial charge < -0.3 is 13.5 Å². The first-order valence-electron chi connectivity index (χ1n) is 10.2. The van der Waals surface area contributed by atoms with Crippen LogP contribution in [0.25, 0.3) is 10.9 Å². The van der Waals surface area contributed by atoms with Gasteiger partial charge in [0.1, 0.15) is 18.5 Å². The minimum atomic E-state index is -6.05. The van der Waals surface area contributed by atoms with Gasteiger partial charge in [-0.1, -0.05) is 11.8 Å². The number of carbonyl (C=O) groups is 2. The number of rotatable bonds is 5. The molecule has 1 aromatic carbocycles. The van der Waals surface area contributed by atoms with Crippen molar-refractivity contribution in [3.05, 3.63) is 53.7 Å². The number of alkyl halides is 3. The highest BCUT2D eigenvalue weighted by molar-refractivity contribution is 7.88. The molecule has 3 aromatic rings. The van der Waals surface area contributed by atoms with Crippen molar-refractivity contribution >= 4 is 32.8 Å². The number of aromatic nitrogens is 3. The highest BCUT2D eigenvalue weighted by atomic mass is 32.2. The largest absolute Gasteiger partial charge is 0.534 e. The summed E-state index contributed by atoms with van der Waals surface area (Å²) in [6, 6.07) is 2.19. The molecule has 0 radical (unpaired) electrons. The number of halogens is 3. The maximum absolute atomic E-state index is 13.1. The average Bonchev–Trinajstić information content (AvgIpc) is 3.07. The Labute approximate surface area is 204 Å². The van der Waals surface area contributed by atoms with E-state index in [2.05, 4.69) is 26.0 Å². The van der Waals surface area contributed by atoms with Crippen LogP contribution in [0.4, 0.5) is 13.2 Å². The maximum atomic E-state index is 13.1. The number of ether oxygens (including phenoxy) is 1. The number of Topliss-reactive ketones (excluding diaryl/α,β-unsaturated/α-hetero) is 1. The zero-order chi connectivity index (χ0) is 26.9. The highest BCUT2D eigenvalue weighted by Gasteiger charge is 2.49. The van der Waals surface area contributed by atoms with Gasteiger partial charge in [0.05, 0.1) is 16.6 Å². The number of hydrogen-bond donors (Lipinski definition) is 0. The molecule has 9 nitrogen and oxygen atoms in total. The number of ketones is 1. The number of carbonyl (C=O) groups excluding carboxylic acids is 2. The molecule has 0 N–H and O–H groups in total. The van der Waals surface area contributed by atoms with Crippen LogP contribution >= 0.6 is 0 Å². The van der Waals surface area contributed by atoms with E-state index >= 15 is 0 Å². The van der Waals surface area contributed by atoms with E-state index < -0.39 is 45.3 Å². The molecule has 2 aromatic heterocycles. The van der Waals surface area contributed by atoms with E-state index in [-0.39, 0.29) is 27.6 Å². The number of hydrogen-bond acceptors (Lipinski definition) is 8. The van der Waals surface area contributed by atoms with Gasteiger partial charge in [-0.3, -0.25) is 9.59 Å². The summed E-state index contributed by atoms with van der Waals surface area (Å²) >= 11 is 0. The Balaban J connectivity index is 2.23. The summed E-state index contributed by atoms with van der Waals surface area (Å²) in [6.07, 6.45) is 5.24. The van der Waals surface area contributed by atoms with E-state index in [0.717, 1.165) is 6.07 Å². The van der Waals surface area contributed by atoms with Crippen molar-refractivity contribution in [2.45, 2.75) is 45.3 Å². The van der Waals surface area contributed by atoms with Gasteiger partial charge >= 0.3 is 21.6 Å². The van der Waals surface area contributed by atoms with E-state index in [1.807, 2.05) is 0 Å². The van der Waals surface area contributed by atoms with Crippen LogP contribution in [0.3, 0.4) is 0 Å². The van der Waals surface area contributed by atoms with Crippen LogP contribution in [-0.2, 0) is 26.2 Å². The molecule has 0 bridgehead atoms. The molecule has 0 amide bonds. The van der Waals surface area contributed by atoms with Crippen molar-refractivity contribution < 1.29 is 40.1 Å². The fourth-order valence-electron chi connectivity index (χ4n) is 3.08. The van der Waals surface area contributed by atoms with E-state index in [4.69, 9.17) is 4.74 Å². The topological polar surface area (TPSA) is 117 Å². The predicted molar refractivity (Wildman–Crippen MR) is 121 cm³/mol. The van der Waals surface area contributed by atoms with Crippen molar-refractivity contribution in [2.24, 2.45) is 0 Å². The lowest BCUT2D eigenvalue weighted by Gasteiger charge is -2.20. The third kappa shape index (κ3) is 6.19. The van der Waals surface area contributed by atoms with Gasteiger partial charge in [0, 0.05) is 35.6 Å². The zero-order valence-electron chi connectivity index (χ0n) is 19.5. The van der Waals surface area contributed by atoms with Gasteiger partial charge in [0.15, 0.2) is 11.5 Å². The summed E-state index contributed by atoms with van der Waals surface area (Å²) in [7, 11) is -6.05. The molecule has 0 saturated heterocycles. The fraction of sp³-hybridized carbons (Fsp3) is 0.304. The second-order valence-corrected chi connectivity index (χ2v) is 10.1. The molecule has 0 aliphatic carbocycles. The van der Waals surface area contributed by atoms with Crippen molar-refractivity contribution in [1.82, 2.24) is 14.5 Å². The summed E-state index contributed by atoms with van der Waals surface area (Å²) in [5, 5.41) is 0.219. The molecule has 0 aliphatic rings. The molecule has 2 heterocycles. The zero-order valence-corrected chi connectivity index (χ0v) is 20.3. The normalized spacial score (nSPS) is 12.1. The lowest BCUT2D eigenvalue weighted by atomic mass is 10.1. The van der Waals surface area contributed by atoms with Crippen molar-refractivity contribution in [1.29, 1.82) is 0 Å². The third-order valence-corrected chi connectivity index (χ3v) is 5.43. The smallest absolute Gasteiger partial charge is 0.459 e. The number of nitrogens with zero attached hydrogens (tertiary/aromatic N) is 3. The Kier molecular flexibility index (Phi) is 7.13. The second-order valence-electron chi connectivity index (χ2n) is 8.54. The molecular weight excluding hydrogens is 503 g/mol. The summed E-state index contributed by atoms with van der Waals surface area (Å²) < 4.78 is 73.6. The Bertz CT molecular complexity index is 1500. The van der Waals surface area contributed by atoms with Crippen LogP contribution in [0.1, 0.15) is 49.2 Å². The first kappa shape index (κ1) is 26.7. The van der Waals surface area contributed by atoms with E-state index in [1.54, 1.807) is 20.8 Å². The van der Waals surface area contributed by atoms with Crippen LogP contribution in [0.15, 0.2) is 37.1 Å². The van der Waals surface area contributed by atoms with Crippen molar-refractivity contribution in [2.75, 3.05) is 0 Å². The standard InChI is InChI=1S/C23H20F3N3O6S/c1-14(30)18-11-29(12-21(31)34-22(2,3)4)19-8-20(35-36(32,33)23(24,25)26)16(7-17(18)19)6-5-15-9-27-13-28-10-15/h7-11,13H,12H2,1-4H3. The first-order valence-corrected chi connectivity index (χ1v) is 11.7. The SMILES string of the molecule is CC(=O)c1cn(CC(=O)OC(C)(C)C)c2cc(OS(=O)(=O)C(F)(F)F)c(C#Cc3cncnc3)cc12. The van der Waals surface area contributed by atoms with Gasteiger partial charge in [-0.25, -0.2) is 9.97 Å². The summed E-state index contributed by atoms with van der Waals surface area (Å²) in [6.45, 7) is 5.81. The average molecular weight is 523 g/mol. The molecule has 36 heavy (non-hydrogen) atoms.